The number of benzene rings is 1. The van der Waals surface area contributed by atoms with Crippen molar-refractivity contribution in [1.82, 2.24) is 10.4 Å². The summed E-state index contributed by atoms with van der Waals surface area (Å²) in [6.07, 6.45) is 5.51. The molecule has 2 rings (SSSR count). The van der Waals surface area contributed by atoms with Crippen LogP contribution in [0.25, 0.3) is 6.08 Å². The van der Waals surface area contributed by atoms with Crippen molar-refractivity contribution in [1.29, 1.82) is 0 Å². The summed E-state index contributed by atoms with van der Waals surface area (Å²) in [5.41, 5.74) is 10.4. The molecule has 1 aromatic heterocycles. The first-order valence-electron chi connectivity index (χ1n) is 6.13. The number of thiocarbonyl (C=S) groups is 1. The topological polar surface area (TPSA) is 63.3 Å². The van der Waals surface area contributed by atoms with Crippen molar-refractivity contribution in [2.45, 2.75) is 0 Å². The fourth-order valence-electron chi connectivity index (χ4n) is 1.56. The second-order valence-electron chi connectivity index (χ2n) is 4.07. The summed E-state index contributed by atoms with van der Waals surface area (Å²) >= 11 is 8.17. The first-order chi connectivity index (χ1) is 10.1. The number of halogens is 3. The van der Waals surface area contributed by atoms with Crippen LogP contribution in [0.15, 0.2) is 64.3 Å². The monoisotopic (exact) mass is 493 g/mol. The molecular weight excluding hydrogens is 483 g/mol. The van der Waals surface area contributed by atoms with Crippen LogP contribution in [0.5, 0.6) is 0 Å². The number of hydrogen-bond acceptors (Lipinski definition) is 3. The van der Waals surface area contributed by atoms with E-state index in [0.717, 1.165) is 15.7 Å². The number of rotatable bonds is 4. The molecule has 0 aliphatic heterocycles. The van der Waals surface area contributed by atoms with Gasteiger partial charge in [0, 0.05) is 10.7 Å². The van der Waals surface area contributed by atoms with E-state index in [0.29, 0.717) is 5.71 Å². The van der Waals surface area contributed by atoms with Gasteiger partial charge in [0.2, 0.25) is 0 Å². The molecule has 0 unspecified atom stereocenters. The Morgan fingerprint density at radius 2 is 1.83 bits per heavy atom. The number of nitrogens with zero attached hydrogens (tertiary/aromatic N) is 2. The maximum absolute atomic E-state index is 5.41. The molecule has 24 heavy (non-hydrogen) atoms. The molecule has 2 aromatic rings. The largest absolute Gasteiger partial charge is 2.00 e. The molecule has 0 saturated carbocycles. The molecule has 0 aliphatic carbocycles. The predicted octanol–water partition coefficient (Wildman–Crippen LogP) is -2.90. The average Bonchev–Trinajstić information content (AvgIpc) is 2.50. The van der Waals surface area contributed by atoms with Crippen molar-refractivity contribution in [2.24, 2.45) is 10.8 Å². The zero-order chi connectivity index (χ0) is 15.1. The summed E-state index contributed by atoms with van der Waals surface area (Å²) in [6.45, 7) is 0. The first kappa shape index (κ1) is 25.3. The number of hydrazone groups is 1. The normalized spacial score (nSPS) is 10.1. The van der Waals surface area contributed by atoms with Crippen molar-refractivity contribution < 1.29 is 41.9 Å². The Morgan fingerprint density at radius 3 is 2.38 bits per heavy atom. The van der Waals surface area contributed by atoms with Gasteiger partial charge in [-0.2, -0.15) is 5.10 Å². The van der Waals surface area contributed by atoms with E-state index in [2.05, 4.69) is 31.4 Å². The van der Waals surface area contributed by atoms with E-state index in [9.17, 15) is 0 Å². The summed E-state index contributed by atoms with van der Waals surface area (Å²) in [5.74, 6) is 0. The Bertz CT molecular complexity index is 682. The number of pyridine rings is 1. The number of allylic oxidation sites excluding steroid dienone is 1. The van der Waals surface area contributed by atoms with Gasteiger partial charge in [0.15, 0.2) is 5.11 Å². The van der Waals surface area contributed by atoms with Crippen LogP contribution >= 0.6 is 28.1 Å². The summed E-state index contributed by atoms with van der Waals surface area (Å²) in [7, 11) is 0. The number of aromatic nitrogens is 1. The third-order valence-corrected chi connectivity index (χ3v) is 3.14. The minimum Gasteiger partial charge on any atom is -1.00 e. The van der Waals surface area contributed by atoms with Gasteiger partial charge in [-0.25, -0.2) is 0 Å². The zero-order valence-corrected chi connectivity index (χ0v) is 16.9. The average molecular weight is 496 g/mol. The fraction of sp³-hybridized carbons (Fsp3) is 0. The van der Waals surface area contributed by atoms with Gasteiger partial charge in [-0.15, -0.1) is 0 Å². The Morgan fingerprint density at radius 1 is 1.17 bits per heavy atom. The zero-order valence-electron chi connectivity index (χ0n) is 12.1. The van der Waals surface area contributed by atoms with Crippen molar-refractivity contribution in [3.63, 3.8) is 0 Å². The van der Waals surface area contributed by atoms with Crippen LogP contribution < -0.4 is 36.0 Å². The van der Waals surface area contributed by atoms with Gasteiger partial charge >= 0.3 is 17.1 Å². The molecule has 131 valence electrons. The summed E-state index contributed by atoms with van der Waals surface area (Å²) < 4.78 is 1.04. The van der Waals surface area contributed by atoms with E-state index in [1.54, 1.807) is 6.20 Å². The number of hydrogen-bond donors (Lipinski definition) is 2. The Hall–Kier alpha value is -0.951. The maximum Gasteiger partial charge on any atom is 2.00 e. The van der Waals surface area contributed by atoms with E-state index in [1.807, 2.05) is 54.6 Å². The molecule has 1 heterocycles. The van der Waals surface area contributed by atoms with Crippen molar-refractivity contribution in [2.75, 3.05) is 0 Å². The van der Waals surface area contributed by atoms with Crippen LogP contribution in [-0.4, -0.2) is 15.8 Å². The van der Waals surface area contributed by atoms with Crippen molar-refractivity contribution >= 4 is 45.0 Å². The van der Waals surface area contributed by atoms with E-state index >= 15 is 0 Å². The van der Waals surface area contributed by atoms with Gasteiger partial charge < -0.3 is 30.5 Å². The van der Waals surface area contributed by atoms with Crippen LogP contribution in [0.4, 0.5) is 0 Å². The van der Waals surface area contributed by atoms with Gasteiger partial charge in [0.25, 0.3) is 0 Å². The Kier molecular flexibility index (Phi) is 14.1. The number of nitrogens with two attached hydrogens (primary N) is 1. The van der Waals surface area contributed by atoms with Gasteiger partial charge in [0.1, 0.15) is 5.71 Å². The molecule has 4 nitrogen and oxygen atoms in total. The molecule has 1 radical (unpaired) electrons. The molecule has 0 bridgehead atoms. The maximum atomic E-state index is 5.41. The molecule has 1 aromatic carbocycles. The van der Waals surface area contributed by atoms with E-state index in [1.165, 1.54) is 0 Å². The first-order valence-corrected chi connectivity index (χ1v) is 7.33. The molecule has 0 aliphatic rings. The van der Waals surface area contributed by atoms with Gasteiger partial charge in [-0.1, -0.05) is 40.2 Å². The van der Waals surface area contributed by atoms with Gasteiger partial charge in [-0.3, -0.25) is 10.4 Å². The van der Waals surface area contributed by atoms with E-state index in [-0.39, 0.29) is 47.0 Å². The summed E-state index contributed by atoms with van der Waals surface area (Å²) in [6, 6.07) is 13.6. The molecule has 0 atom stereocenters. The van der Waals surface area contributed by atoms with Crippen LogP contribution in [0, 0.1) is 0 Å². The molecule has 0 saturated heterocycles. The SMILES string of the molecule is NC(=S)N/N=C(/C=C/c1ccc(Br)cc1)c1ccccn1.[Cl-].[Cl-].[Cu+2]. The number of nitrogens with one attached hydrogen (secondary N) is 1. The standard InChI is InChI=1S/C15H13BrN4S.2ClH.Cu/c16-12-7-4-11(5-8-12)6-9-14(19-20-15(17)21)13-3-1-2-10-18-13;;;/h1-10H,(H3,17,20,21);2*1H;/q;;;+2/p-2/b9-6+,19-14-;;;. The van der Waals surface area contributed by atoms with Gasteiger partial charge in [0.05, 0.1) is 5.69 Å². The molecule has 0 spiro atoms. The molecule has 0 amide bonds. The van der Waals surface area contributed by atoms with Crippen LogP contribution in [0.3, 0.4) is 0 Å². The smallest absolute Gasteiger partial charge is 1.00 e. The minimum atomic E-state index is 0. The van der Waals surface area contributed by atoms with Crippen molar-refractivity contribution in [3.8, 4) is 0 Å². The fourth-order valence-corrected chi connectivity index (χ4v) is 1.87. The second-order valence-corrected chi connectivity index (χ2v) is 5.43. The third-order valence-electron chi connectivity index (χ3n) is 2.52. The Labute approximate surface area is 177 Å². The molecule has 9 heteroatoms. The van der Waals surface area contributed by atoms with Crippen LogP contribution in [0.1, 0.15) is 11.3 Å². The van der Waals surface area contributed by atoms with E-state index in [4.69, 9.17) is 18.0 Å². The van der Waals surface area contributed by atoms with Crippen molar-refractivity contribution in [3.05, 3.63) is 70.5 Å². The Balaban J connectivity index is 0. The predicted molar refractivity (Wildman–Crippen MR) is 93.9 cm³/mol. The molecule has 3 N–H and O–H groups in total. The van der Waals surface area contributed by atoms with Gasteiger partial charge in [-0.05, 0) is 48.1 Å². The minimum absolute atomic E-state index is 0. The molecular formula is C15H13BrCl2CuN4S. The summed E-state index contributed by atoms with van der Waals surface area (Å²) in [5, 5.41) is 4.28. The molecule has 0 fully saturated rings. The second kappa shape index (κ2) is 13.4. The summed E-state index contributed by atoms with van der Waals surface area (Å²) in [4.78, 5) is 4.27. The quantitative estimate of drug-likeness (QED) is 0.207. The third kappa shape index (κ3) is 8.78. The van der Waals surface area contributed by atoms with E-state index < -0.39 is 0 Å². The van der Waals surface area contributed by atoms with Crippen LogP contribution in [0.2, 0.25) is 0 Å². The van der Waals surface area contributed by atoms with Crippen LogP contribution in [-0.2, 0) is 17.1 Å².